The molecule has 0 unspecified atom stereocenters. The Bertz CT molecular complexity index is 1050. The molecule has 9 heteroatoms. The minimum Gasteiger partial charge on any atom is -0.370 e. The number of amides is 2. The predicted molar refractivity (Wildman–Crippen MR) is 126 cm³/mol. The summed E-state index contributed by atoms with van der Waals surface area (Å²) in [4.78, 5) is 14.5. The number of carbonyl (C=O) groups is 1. The van der Waals surface area contributed by atoms with Crippen molar-refractivity contribution in [2.45, 2.75) is 25.7 Å². The van der Waals surface area contributed by atoms with Crippen LogP contribution in [0.25, 0.3) is 0 Å². The molecule has 2 aliphatic heterocycles. The lowest BCUT2D eigenvalue weighted by Crippen LogP contribution is -2.38. The van der Waals surface area contributed by atoms with Gasteiger partial charge in [0.1, 0.15) is 0 Å². The summed E-state index contributed by atoms with van der Waals surface area (Å²) in [5, 5.41) is 5.94. The molecule has 7 nitrogen and oxygen atoms in total. The van der Waals surface area contributed by atoms with Gasteiger partial charge in [-0.25, -0.2) is 13.2 Å². The van der Waals surface area contributed by atoms with E-state index in [1.54, 1.807) is 6.07 Å². The second-order valence-corrected chi connectivity index (χ2v) is 10.3. The zero-order valence-corrected chi connectivity index (χ0v) is 18.9. The first kappa shape index (κ1) is 21.8. The number of halogens is 1. The zero-order valence-electron chi connectivity index (χ0n) is 17.3. The highest BCUT2D eigenvalue weighted by atomic mass is 35.5. The van der Waals surface area contributed by atoms with Crippen molar-refractivity contribution in [2.75, 3.05) is 46.5 Å². The molecule has 0 bridgehead atoms. The monoisotopic (exact) mass is 462 g/mol. The summed E-state index contributed by atoms with van der Waals surface area (Å²) in [5.41, 5.74) is 3.31. The van der Waals surface area contributed by atoms with Gasteiger partial charge in [0.15, 0.2) is 0 Å². The Labute approximate surface area is 188 Å². The van der Waals surface area contributed by atoms with Gasteiger partial charge < -0.3 is 15.5 Å². The van der Waals surface area contributed by atoms with E-state index in [0.717, 1.165) is 42.9 Å². The quantitative estimate of drug-likeness (QED) is 0.683. The molecular weight excluding hydrogens is 436 g/mol. The molecule has 2 aromatic carbocycles. The molecule has 0 spiro atoms. The molecule has 2 aromatic rings. The molecule has 0 aromatic heterocycles. The molecule has 0 atom stereocenters. The highest BCUT2D eigenvalue weighted by Gasteiger charge is 2.28. The largest absolute Gasteiger partial charge is 0.370 e. The Balaban J connectivity index is 1.29. The van der Waals surface area contributed by atoms with E-state index in [0.29, 0.717) is 23.7 Å². The number of rotatable bonds is 6. The van der Waals surface area contributed by atoms with Gasteiger partial charge in [0, 0.05) is 31.9 Å². The van der Waals surface area contributed by atoms with Crippen LogP contribution in [0.2, 0.25) is 5.02 Å². The summed E-state index contributed by atoms with van der Waals surface area (Å²) in [7, 11) is -3.50. The van der Waals surface area contributed by atoms with Gasteiger partial charge in [-0.05, 0) is 55.5 Å². The number of benzene rings is 2. The number of fused-ring (bicyclic) bond motifs is 1. The number of para-hydroxylation sites is 1. The average Bonchev–Trinajstić information content (AvgIpc) is 3.19. The SMILES string of the molecule is O=C(NCCS(=O)(=O)N1CCc2ccccc21)Nc1ccc(N2CCCCC2)c(Cl)c1. The second kappa shape index (κ2) is 9.36. The Morgan fingerprint density at radius 1 is 1.00 bits per heavy atom. The summed E-state index contributed by atoms with van der Waals surface area (Å²) in [6.45, 7) is 2.44. The Morgan fingerprint density at radius 3 is 2.55 bits per heavy atom. The molecule has 31 heavy (non-hydrogen) atoms. The minimum absolute atomic E-state index is 0.0203. The fraction of sp³-hybridized carbons (Fsp3) is 0.409. The average molecular weight is 463 g/mol. The zero-order chi connectivity index (χ0) is 21.8. The molecule has 166 valence electrons. The molecule has 2 heterocycles. The van der Waals surface area contributed by atoms with E-state index in [4.69, 9.17) is 11.6 Å². The van der Waals surface area contributed by atoms with Gasteiger partial charge in [-0.3, -0.25) is 4.31 Å². The highest BCUT2D eigenvalue weighted by molar-refractivity contribution is 7.92. The minimum atomic E-state index is -3.50. The van der Waals surface area contributed by atoms with E-state index in [1.165, 1.54) is 10.7 Å². The first-order valence-electron chi connectivity index (χ1n) is 10.6. The summed E-state index contributed by atoms with van der Waals surface area (Å²) in [6, 6.07) is 12.5. The molecule has 0 aliphatic carbocycles. The summed E-state index contributed by atoms with van der Waals surface area (Å²) in [5.74, 6) is -0.163. The van der Waals surface area contributed by atoms with Crippen LogP contribution in [0.4, 0.5) is 21.9 Å². The number of sulfonamides is 1. The van der Waals surface area contributed by atoms with Gasteiger partial charge in [0.2, 0.25) is 10.0 Å². The fourth-order valence-electron chi connectivity index (χ4n) is 4.15. The predicted octanol–water partition coefficient (Wildman–Crippen LogP) is 3.84. The van der Waals surface area contributed by atoms with Crippen LogP contribution < -0.4 is 19.8 Å². The third-order valence-electron chi connectivity index (χ3n) is 5.73. The number of hydrogen-bond acceptors (Lipinski definition) is 4. The number of carbonyl (C=O) groups excluding carboxylic acids is 1. The third-order valence-corrected chi connectivity index (χ3v) is 7.80. The molecule has 0 radical (unpaired) electrons. The summed E-state index contributed by atoms with van der Waals surface area (Å²) >= 11 is 6.43. The van der Waals surface area contributed by atoms with E-state index < -0.39 is 16.1 Å². The van der Waals surface area contributed by atoms with Crippen LogP contribution in [-0.2, 0) is 16.4 Å². The van der Waals surface area contributed by atoms with Gasteiger partial charge in [0.25, 0.3) is 0 Å². The molecule has 1 fully saturated rings. The van der Waals surface area contributed by atoms with Crippen LogP contribution in [0.15, 0.2) is 42.5 Å². The van der Waals surface area contributed by atoms with Crippen molar-refractivity contribution in [1.29, 1.82) is 0 Å². The first-order valence-corrected chi connectivity index (χ1v) is 12.6. The third kappa shape index (κ3) is 5.07. The van der Waals surface area contributed by atoms with Crippen molar-refractivity contribution >= 4 is 44.7 Å². The maximum Gasteiger partial charge on any atom is 0.319 e. The fourth-order valence-corrected chi connectivity index (χ4v) is 5.88. The van der Waals surface area contributed by atoms with Crippen LogP contribution in [-0.4, -0.2) is 46.4 Å². The molecular formula is C22H27ClN4O3S. The van der Waals surface area contributed by atoms with Gasteiger partial charge in [-0.2, -0.15) is 0 Å². The van der Waals surface area contributed by atoms with Gasteiger partial charge in [0.05, 0.1) is 22.2 Å². The molecule has 4 rings (SSSR count). The van der Waals surface area contributed by atoms with Crippen LogP contribution in [0.5, 0.6) is 0 Å². The highest BCUT2D eigenvalue weighted by Crippen LogP contribution is 2.31. The number of hydrogen-bond donors (Lipinski definition) is 2. The lowest BCUT2D eigenvalue weighted by Gasteiger charge is -2.29. The number of nitrogens with one attached hydrogen (secondary N) is 2. The first-order chi connectivity index (χ1) is 14.9. The Hall–Kier alpha value is -2.45. The van der Waals surface area contributed by atoms with Crippen LogP contribution in [0, 0.1) is 0 Å². The number of piperidine rings is 1. The van der Waals surface area contributed by atoms with Crippen molar-refractivity contribution in [2.24, 2.45) is 0 Å². The maximum atomic E-state index is 12.7. The maximum absolute atomic E-state index is 12.7. The van der Waals surface area contributed by atoms with Crippen molar-refractivity contribution in [1.82, 2.24) is 5.32 Å². The number of anilines is 3. The van der Waals surface area contributed by atoms with Crippen LogP contribution in [0.1, 0.15) is 24.8 Å². The van der Waals surface area contributed by atoms with E-state index in [1.807, 2.05) is 36.4 Å². The Kier molecular flexibility index (Phi) is 6.57. The van der Waals surface area contributed by atoms with Crippen molar-refractivity contribution in [3.63, 3.8) is 0 Å². The van der Waals surface area contributed by atoms with Crippen molar-refractivity contribution in [3.8, 4) is 0 Å². The molecule has 1 saturated heterocycles. The molecule has 0 saturated carbocycles. The van der Waals surface area contributed by atoms with Gasteiger partial charge >= 0.3 is 6.03 Å². The van der Waals surface area contributed by atoms with Gasteiger partial charge in [-0.1, -0.05) is 29.8 Å². The standard InChI is InChI=1S/C22H27ClN4O3S/c23-19-16-18(8-9-21(19)26-12-4-1-5-13-26)25-22(28)24-11-15-31(29,30)27-14-10-17-6-2-3-7-20(17)27/h2-3,6-9,16H,1,4-5,10-15H2,(H2,24,25,28). The van der Waals surface area contributed by atoms with E-state index in [9.17, 15) is 13.2 Å². The van der Waals surface area contributed by atoms with Crippen molar-refractivity contribution in [3.05, 3.63) is 53.1 Å². The number of nitrogens with zero attached hydrogens (tertiary/aromatic N) is 2. The molecule has 2 aliphatic rings. The van der Waals surface area contributed by atoms with Crippen LogP contribution >= 0.6 is 11.6 Å². The Morgan fingerprint density at radius 2 is 1.77 bits per heavy atom. The smallest absolute Gasteiger partial charge is 0.319 e. The van der Waals surface area contributed by atoms with Crippen LogP contribution in [0.3, 0.4) is 0 Å². The number of urea groups is 1. The lowest BCUT2D eigenvalue weighted by atomic mass is 10.1. The summed E-state index contributed by atoms with van der Waals surface area (Å²) < 4.78 is 26.8. The summed E-state index contributed by atoms with van der Waals surface area (Å²) in [6.07, 6.45) is 4.26. The lowest BCUT2D eigenvalue weighted by molar-refractivity contribution is 0.252. The molecule has 2 amide bonds. The molecule has 2 N–H and O–H groups in total. The van der Waals surface area contributed by atoms with E-state index in [2.05, 4.69) is 15.5 Å². The van der Waals surface area contributed by atoms with Crippen molar-refractivity contribution < 1.29 is 13.2 Å². The normalized spacial score (nSPS) is 16.2. The van der Waals surface area contributed by atoms with E-state index in [-0.39, 0.29) is 12.3 Å². The second-order valence-electron chi connectivity index (χ2n) is 7.86. The van der Waals surface area contributed by atoms with Gasteiger partial charge in [-0.15, -0.1) is 0 Å². The van der Waals surface area contributed by atoms with E-state index >= 15 is 0 Å². The topological polar surface area (TPSA) is 81.8 Å².